The van der Waals surface area contributed by atoms with Gasteiger partial charge in [-0.15, -0.1) is 0 Å². The Morgan fingerprint density at radius 2 is 1.98 bits per heavy atom. The molecule has 2 aromatic carbocycles. The second-order valence-electron chi connectivity index (χ2n) is 10.6. The minimum atomic E-state index is -0.520. The van der Waals surface area contributed by atoms with Crippen LogP contribution in [-0.4, -0.2) is 71.4 Å². The fourth-order valence-corrected chi connectivity index (χ4v) is 6.07. The van der Waals surface area contributed by atoms with Crippen molar-refractivity contribution in [3.05, 3.63) is 71.4 Å². The summed E-state index contributed by atoms with van der Waals surface area (Å²) in [5, 5.41) is 6.70. The van der Waals surface area contributed by atoms with Gasteiger partial charge >= 0.3 is 6.09 Å². The number of piperazine rings is 1. The van der Waals surface area contributed by atoms with Crippen molar-refractivity contribution in [3.8, 4) is 17.0 Å². The summed E-state index contributed by atoms with van der Waals surface area (Å²) in [5.74, 6) is -0.555. The molecule has 2 fully saturated rings. The first-order valence-corrected chi connectivity index (χ1v) is 15.0. The number of carbonyl (C=O) groups excluding carboxylic acids is 2. The highest BCUT2D eigenvalue weighted by atomic mass is 35.5. The molecule has 3 aromatic rings. The maximum atomic E-state index is 14.2. The topological polar surface area (TPSA) is 97.7 Å². The number of alkyl carbamates (subject to hydrolysis) is 1. The summed E-state index contributed by atoms with van der Waals surface area (Å²) < 4.78 is 27.1. The average molecular weight is 598 g/mol. The fraction of sp³-hybridized carbons (Fsp3) is 0.452. The summed E-state index contributed by atoms with van der Waals surface area (Å²) in [6.45, 7) is 4.07. The predicted octanol–water partition coefficient (Wildman–Crippen LogP) is 5.46. The SMILES string of the molecule is CCOC(=O)N[C@H]1CCCC[C@@H]1n1cnc(C(=O)N2CCNC[C@H]2CCOc2ccc(Cl)cc2F)c1-c1ccccc1. The van der Waals surface area contributed by atoms with Crippen molar-refractivity contribution in [1.29, 1.82) is 0 Å². The maximum absolute atomic E-state index is 14.2. The highest BCUT2D eigenvalue weighted by molar-refractivity contribution is 6.30. The Morgan fingerprint density at radius 3 is 2.76 bits per heavy atom. The summed E-state index contributed by atoms with van der Waals surface area (Å²) in [5.41, 5.74) is 1.99. The first-order chi connectivity index (χ1) is 20.5. The van der Waals surface area contributed by atoms with Gasteiger partial charge in [0.15, 0.2) is 17.3 Å². The van der Waals surface area contributed by atoms with Gasteiger partial charge in [-0.2, -0.15) is 0 Å². The van der Waals surface area contributed by atoms with Gasteiger partial charge in [0, 0.05) is 42.7 Å². The zero-order valence-electron chi connectivity index (χ0n) is 23.7. The number of hydrogen-bond donors (Lipinski definition) is 2. The largest absolute Gasteiger partial charge is 0.490 e. The Kier molecular flexibility index (Phi) is 9.97. The molecule has 11 heteroatoms. The Balaban J connectivity index is 1.40. The Labute approximate surface area is 250 Å². The molecule has 0 unspecified atom stereocenters. The molecule has 1 aromatic heterocycles. The quantitative estimate of drug-likeness (QED) is 0.340. The summed E-state index contributed by atoms with van der Waals surface area (Å²) in [7, 11) is 0. The van der Waals surface area contributed by atoms with Gasteiger partial charge in [0.25, 0.3) is 5.91 Å². The van der Waals surface area contributed by atoms with E-state index in [9.17, 15) is 14.0 Å². The summed E-state index contributed by atoms with van der Waals surface area (Å²) in [6.07, 6.45) is 5.47. The average Bonchev–Trinajstić information content (AvgIpc) is 3.44. The molecule has 2 amide bonds. The molecule has 3 atom stereocenters. The molecule has 9 nitrogen and oxygen atoms in total. The van der Waals surface area contributed by atoms with Crippen molar-refractivity contribution in [2.45, 2.75) is 57.2 Å². The number of aromatic nitrogens is 2. The first kappa shape index (κ1) is 29.8. The smallest absolute Gasteiger partial charge is 0.407 e. The van der Waals surface area contributed by atoms with Gasteiger partial charge in [-0.25, -0.2) is 14.2 Å². The molecule has 5 rings (SSSR count). The lowest BCUT2D eigenvalue weighted by Gasteiger charge is -2.36. The number of nitrogens with one attached hydrogen (secondary N) is 2. The van der Waals surface area contributed by atoms with Crippen molar-refractivity contribution >= 4 is 23.6 Å². The number of nitrogens with zero attached hydrogens (tertiary/aromatic N) is 3. The van der Waals surface area contributed by atoms with Crippen LogP contribution in [-0.2, 0) is 4.74 Å². The lowest BCUT2D eigenvalue weighted by molar-refractivity contribution is 0.0600. The third kappa shape index (κ3) is 6.87. The van der Waals surface area contributed by atoms with Crippen molar-refractivity contribution in [3.63, 3.8) is 0 Å². The molecule has 224 valence electrons. The molecule has 0 spiro atoms. The monoisotopic (exact) mass is 597 g/mol. The standard InChI is InChI=1S/C31H37ClFN5O4/c1-2-41-31(40)36-25-10-6-7-11-26(25)38-20-35-28(29(38)21-8-4-3-5-9-21)30(39)37-16-15-34-19-23(37)14-17-42-27-13-12-22(32)18-24(27)33/h3-5,8-9,12-13,18,20,23,25-26,34H,2,6-7,10-11,14-17,19H2,1H3,(H,36,40)/t23-,25+,26+/m1/s1. The summed E-state index contributed by atoms with van der Waals surface area (Å²) >= 11 is 5.86. The molecular weight excluding hydrogens is 561 g/mol. The van der Waals surface area contributed by atoms with Crippen LogP contribution in [0.15, 0.2) is 54.9 Å². The van der Waals surface area contributed by atoms with Gasteiger partial charge in [0.2, 0.25) is 0 Å². The van der Waals surface area contributed by atoms with E-state index in [2.05, 4.69) is 20.2 Å². The minimum absolute atomic E-state index is 0.0751. The van der Waals surface area contributed by atoms with Crippen LogP contribution < -0.4 is 15.4 Å². The van der Waals surface area contributed by atoms with E-state index in [1.165, 1.54) is 12.1 Å². The number of rotatable bonds is 9. The van der Waals surface area contributed by atoms with Crippen molar-refractivity contribution in [1.82, 2.24) is 25.1 Å². The Hall–Kier alpha value is -3.63. The first-order valence-electron chi connectivity index (χ1n) is 14.6. The number of hydrogen-bond acceptors (Lipinski definition) is 6. The molecule has 1 aliphatic heterocycles. The van der Waals surface area contributed by atoms with Gasteiger partial charge in [0.05, 0.1) is 37.3 Å². The van der Waals surface area contributed by atoms with E-state index in [0.717, 1.165) is 36.9 Å². The summed E-state index contributed by atoms with van der Waals surface area (Å²) in [4.78, 5) is 33.1. The van der Waals surface area contributed by atoms with E-state index in [-0.39, 0.29) is 36.4 Å². The van der Waals surface area contributed by atoms with Gasteiger partial charge in [-0.3, -0.25) is 4.79 Å². The third-order valence-corrected chi connectivity index (χ3v) is 8.16. The highest BCUT2D eigenvalue weighted by Gasteiger charge is 2.35. The van der Waals surface area contributed by atoms with Crippen LogP contribution in [0.5, 0.6) is 5.75 Å². The van der Waals surface area contributed by atoms with E-state index in [1.807, 2.05) is 35.2 Å². The van der Waals surface area contributed by atoms with E-state index in [0.29, 0.717) is 43.4 Å². The van der Waals surface area contributed by atoms with Crippen LogP contribution in [0.25, 0.3) is 11.3 Å². The zero-order valence-corrected chi connectivity index (χ0v) is 24.5. The third-order valence-electron chi connectivity index (χ3n) is 7.92. The molecule has 1 aliphatic carbocycles. The van der Waals surface area contributed by atoms with Gasteiger partial charge in [-0.1, -0.05) is 54.8 Å². The predicted molar refractivity (Wildman–Crippen MR) is 158 cm³/mol. The molecule has 0 bridgehead atoms. The van der Waals surface area contributed by atoms with Crippen LogP contribution in [0.4, 0.5) is 9.18 Å². The number of amides is 2. The van der Waals surface area contributed by atoms with E-state index in [1.54, 1.807) is 19.3 Å². The van der Waals surface area contributed by atoms with E-state index >= 15 is 0 Å². The lowest BCUT2D eigenvalue weighted by atomic mass is 9.89. The Morgan fingerprint density at radius 1 is 1.17 bits per heavy atom. The van der Waals surface area contributed by atoms with E-state index in [4.69, 9.17) is 21.1 Å². The lowest BCUT2D eigenvalue weighted by Crippen LogP contribution is -2.54. The van der Waals surface area contributed by atoms with Crippen LogP contribution in [0.1, 0.15) is 55.6 Å². The second kappa shape index (κ2) is 14.0. The zero-order chi connectivity index (χ0) is 29.5. The number of imidazole rings is 1. The molecule has 42 heavy (non-hydrogen) atoms. The molecule has 0 radical (unpaired) electrons. The van der Waals surface area contributed by atoms with E-state index < -0.39 is 11.9 Å². The van der Waals surface area contributed by atoms with Crippen LogP contribution in [0, 0.1) is 5.82 Å². The van der Waals surface area contributed by atoms with Crippen LogP contribution in [0.3, 0.4) is 0 Å². The van der Waals surface area contributed by atoms with Crippen molar-refractivity contribution in [2.75, 3.05) is 32.8 Å². The van der Waals surface area contributed by atoms with Crippen LogP contribution in [0.2, 0.25) is 5.02 Å². The molecular formula is C31H37ClFN5O4. The van der Waals surface area contributed by atoms with Gasteiger partial charge in [-0.05, 0) is 38.0 Å². The van der Waals surface area contributed by atoms with Gasteiger partial charge < -0.3 is 29.6 Å². The fourth-order valence-electron chi connectivity index (χ4n) is 5.91. The Bertz CT molecular complexity index is 1370. The number of carbonyl (C=O) groups is 2. The number of ether oxygens (including phenoxy) is 2. The normalized spacial score (nSPS) is 20.6. The number of halogens is 2. The second-order valence-corrected chi connectivity index (χ2v) is 11.0. The molecule has 2 aliphatic rings. The minimum Gasteiger partial charge on any atom is -0.490 e. The molecule has 1 saturated heterocycles. The van der Waals surface area contributed by atoms with Crippen molar-refractivity contribution < 1.29 is 23.5 Å². The van der Waals surface area contributed by atoms with Crippen molar-refractivity contribution in [2.24, 2.45) is 0 Å². The summed E-state index contributed by atoms with van der Waals surface area (Å²) in [6, 6.07) is 13.7. The highest BCUT2D eigenvalue weighted by Crippen LogP contribution is 2.35. The number of benzene rings is 2. The maximum Gasteiger partial charge on any atom is 0.407 e. The van der Waals surface area contributed by atoms with Crippen LogP contribution >= 0.6 is 11.6 Å². The molecule has 1 saturated carbocycles. The van der Waals surface area contributed by atoms with Gasteiger partial charge in [0.1, 0.15) is 0 Å². The molecule has 2 N–H and O–H groups in total. The molecule has 2 heterocycles.